The van der Waals surface area contributed by atoms with E-state index in [4.69, 9.17) is 18.9 Å². The molecule has 4 rings (SSSR count). The predicted octanol–water partition coefficient (Wildman–Crippen LogP) is 5.79. The number of methoxy groups -OCH3 is 3. The van der Waals surface area contributed by atoms with Gasteiger partial charge in [-0.1, -0.05) is 24.3 Å². The maximum Gasteiger partial charge on any atom is 0.256 e. The van der Waals surface area contributed by atoms with Crippen LogP contribution in [-0.4, -0.2) is 27.2 Å². The molecule has 7 heteroatoms. The average molecular weight is 498 g/mol. The number of benzene rings is 3. The molecule has 0 spiro atoms. The second-order valence-corrected chi connectivity index (χ2v) is 8.18. The molecule has 1 aliphatic heterocycles. The Balaban J connectivity index is 1.58. The number of amides is 1. The molecule has 0 radical (unpaired) electrons. The van der Waals surface area contributed by atoms with Crippen molar-refractivity contribution in [2.45, 2.75) is 18.9 Å². The highest BCUT2D eigenvalue weighted by Crippen LogP contribution is 2.49. The molecule has 166 valence electrons. The molecule has 0 saturated heterocycles. The van der Waals surface area contributed by atoms with Crippen LogP contribution >= 0.6 is 15.9 Å². The molecule has 1 amide bonds. The fraction of sp³-hybridized carbons (Fsp3) is 0.240. The number of fused-ring (bicyclic) bond motifs is 1. The molecule has 1 unspecified atom stereocenters. The lowest BCUT2D eigenvalue weighted by Crippen LogP contribution is -2.17. The van der Waals surface area contributed by atoms with Gasteiger partial charge in [0.1, 0.15) is 11.9 Å². The van der Waals surface area contributed by atoms with E-state index in [-0.39, 0.29) is 12.0 Å². The largest absolute Gasteiger partial charge is 0.493 e. The van der Waals surface area contributed by atoms with Crippen LogP contribution in [0.3, 0.4) is 0 Å². The number of carbonyl (C=O) groups is 1. The summed E-state index contributed by atoms with van der Waals surface area (Å²) in [5.74, 6) is 2.28. The van der Waals surface area contributed by atoms with Crippen LogP contribution < -0.4 is 24.3 Å². The predicted molar refractivity (Wildman–Crippen MR) is 126 cm³/mol. The molecular weight excluding hydrogens is 474 g/mol. The van der Waals surface area contributed by atoms with Crippen molar-refractivity contribution in [2.24, 2.45) is 0 Å². The van der Waals surface area contributed by atoms with Gasteiger partial charge in [0.25, 0.3) is 5.91 Å². The molecular formula is C25H24BrNO5. The van der Waals surface area contributed by atoms with E-state index >= 15 is 0 Å². The molecule has 3 aromatic carbocycles. The summed E-state index contributed by atoms with van der Waals surface area (Å²) in [6, 6.07) is 16.9. The lowest BCUT2D eigenvalue weighted by Gasteiger charge is -2.29. The smallest absolute Gasteiger partial charge is 0.256 e. The van der Waals surface area contributed by atoms with Crippen molar-refractivity contribution in [3.05, 3.63) is 75.8 Å². The summed E-state index contributed by atoms with van der Waals surface area (Å²) in [6.45, 7) is 0. The van der Waals surface area contributed by atoms with Gasteiger partial charge in [0.2, 0.25) is 5.75 Å². The summed E-state index contributed by atoms with van der Waals surface area (Å²) in [6.07, 6.45) is 1.36. The van der Waals surface area contributed by atoms with Gasteiger partial charge < -0.3 is 24.3 Å². The SMILES string of the molecule is COc1cc2c(c(OC)c1OC)CCC(c1cccc(NC(=O)c3ccccc3Br)c1)O2. The maximum atomic E-state index is 12.7. The maximum absolute atomic E-state index is 12.7. The van der Waals surface area contributed by atoms with Gasteiger partial charge in [-0.25, -0.2) is 0 Å². The Morgan fingerprint density at radius 3 is 2.50 bits per heavy atom. The molecule has 32 heavy (non-hydrogen) atoms. The molecule has 0 fully saturated rings. The van der Waals surface area contributed by atoms with E-state index in [9.17, 15) is 4.79 Å². The van der Waals surface area contributed by atoms with Crippen LogP contribution in [0.15, 0.2) is 59.1 Å². The Labute approximate surface area is 195 Å². The number of hydrogen-bond donors (Lipinski definition) is 1. The van der Waals surface area contributed by atoms with E-state index in [0.29, 0.717) is 34.2 Å². The third-order valence-corrected chi connectivity index (χ3v) is 6.14. The number of nitrogens with one attached hydrogen (secondary N) is 1. The summed E-state index contributed by atoms with van der Waals surface area (Å²) < 4.78 is 23.6. The molecule has 0 bridgehead atoms. The van der Waals surface area contributed by atoms with Gasteiger partial charge in [-0.05, 0) is 58.6 Å². The Hall–Kier alpha value is -3.19. The minimum absolute atomic E-state index is 0.161. The Bertz CT molecular complexity index is 1150. The topological polar surface area (TPSA) is 66.0 Å². The molecule has 6 nitrogen and oxygen atoms in total. The van der Waals surface area contributed by atoms with Crippen LogP contribution in [0.5, 0.6) is 23.0 Å². The molecule has 0 aromatic heterocycles. The van der Waals surface area contributed by atoms with Gasteiger partial charge in [0.15, 0.2) is 11.5 Å². The van der Waals surface area contributed by atoms with E-state index in [1.807, 2.05) is 48.5 Å². The van der Waals surface area contributed by atoms with Crippen molar-refractivity contribution >= 4 is 27.5 Å². The first-order chi connectivity index (χ1) is 15.5. The summed E-state index contributed by atoms with van der Waals surface area (Å²) in [5, 5.41) is 2.97. The lowest BCUT2D eigenvalue weighted by molar-refractivity contribution is 0.102. The number of hydrogen-bond acceptors (Lipinski definition) is 5. The minimum Gasteiger partial charge on any atom is -0.493 e. The first-order valence-electron chi connectivity index (χ1n) is 10.2. The Morgan fingerprint density at radius 1 is 1.00 bits per heavy atom. The average Bonchev–Trinajstić information content (AvgIpc) is 2.82. The standard InChI is InChI=1S/C25H24BrNO5/c1-29-22-14-21-18(23(30-2)24(22)31-3)11-12-20(32-21)15-7-6-8-16(13-15)27-25(28)17-9-4-5-10-19(17)26/h4-10,13-14,20H,11-12H2,1-3H3,(H,27,28). The van der Waals surface area contributed by atoms with Crippen molar-refractivity contribution in [3.8, 4) is 23.0 Å². The number of ether oxygens (including phenoxy) is 4. The molecule has 1 heterocycles. The van der Waals surface area contributed by atoms with Gasteiger partial charge in [0.05, 0.1) is 26.9 Å². The zero-order valence-electron chi connectivity index (χ0n) is 18.1. The van der Waals surface area contributed by atoms with Crippen LogP contribution in [0.2, 0.25) is 0 Å². The highest BCUT2D eigenvalue weighted by molar-refractivity contribution is 9.10. The Kier molecular flexibility index (Phi) is 6.55. The highest BCUT2D eigenvalue weighted by Gasteiger charge is 2.28. The lowest BCUT2D eigenvalue weighted by atomic mass is 9.96. The van der Waals surface area contributed by atoms with E-state index in [0.717, 1.165) is 28.4 Å². The van der Waals surface area contributed by atoms with Crippen LogP contribution in [0, 0.1) is 0 Å². The molecule has 0 saturated carbocycles. The minimum atomic E-state index is -0.175. The fourth-order valence-corrected chi connectivity index (χ4v) is 4.38. The van der Waals surface area contributed by atoms with Crippen molar-refractivity contribution in [3.63, 3.8) is 0 Å². The summed E-state index contributed by atoms with van der Waals surface area (Å²) in [4.78, 5) is 12.7. The van der Waals surface area contributed by atoms with E-state index in [2.05, 4.69) is 21.2 Å². The van der Waals surface area contributed by atoms with Crippen LogP contribution in [-0.2, 0) is 6.42 Å². The Morgan fingerprint density at radius 2 is 1.78 bits per heavy atom. The van der Waals surface area contributed by atoms with E-state index < -0.39 is 0 Å². The first kappa shape index (κ1) is 22.0. The number of rotatable bonds is 6. The van der Waals surface area contributed by atoms with Crippen molar-refractivity contribution in [1.82, 2.24) is 0 Å². The summed E-state index contributed by atoms with van der Waals surface area (Å²) in [7, 11) is 4.79. The molecule has 1 aliphatic rings. The van der Waals surface area contributed by atoms with Crippen molar-refractivity contribution in [2.75, 3.05) is 26.6 Å². The molecule has 1 atom stereocenters. The zero-order chi connectivity index (χ0) is 22.7. The van der Waals surface area contributed by atoms with E-state index in [1.165, 1.54) is 0 Å². The zero-order valence-corrected chi connectivity index (χ0v) is 19.7. The van der Waals surface area contributed by atoms with Gasteiger partial charge in [-0.2, -0.15) is 0 Å². The van der Waals surface area contributed by atoms with Crippen LogP contribution in [0.1, 0.15) is 34.0 Å². The fourth-order valence-electron chi connectivity index (χ4n) is 3.92. The monoisotopic (exact) mass is 497 g/mol. The molecule has 0 aliphatic carbocycles. The van der Waals surface area contributed by atoms with Gasteiger partial charge in [-0.3, -0.25) is 4.79 Å². The normalized spacial score (nSPS) is 14.7. The quantitative estimate of drug-likeness (QED) is 0.466. The summed E-state index contributed by atoms with van der Waals surface area (Å²) in [5.41, 5.74) is 3.23. The third kappa shape index (κ3) is 4.25. The molecule has 3 aromatic rings. The van der Waals surface area contributed by atoms with Crippen molar-refractivity contribution < 1.29 is 23.7 Å². The number of anilines is 1. The highest BCUT2D eigenvalue weighted by atomic mass is 79.9. The summed E-state index contributed by atoms with van der Waals surface area (Å²) >= 11 is 3.43. The van der Waals surface area contributed by atoms with E-state index in [1.54, 1.807) is 27.4 Å². The van der Waals surface area contributed by atoms with Crippen LogP contribution in [0.4, 0.5) is 5.69 Å². The molecule has 1 N–H and O–H groups in total. The van der Waals surface area contributed by atoms with Gasteiger partial charge >= 0.3 is 0 Å². The van der Waals surface area contributed by atoms with Crippen LogP contribution in [0.25, 0.3) is 0 Å². The second-order valence-electron chi connectivity index (χ2n) is 7.33. The number of halogens is 1. The van der Waals surface area contributed by atoms with Gasteiger partial charge in [0, 0.05) is 21.8 Å². The second kappa shape index (κ2) is 9.53. The first-order valence-corrected chi connectivity index (χ1v) is 11.0. The third-order valence-electron chi connectivity index (χ3n) is 5.45. The van der Waals surface area contributed by atoms with Crippen molar-refractivity contribution in [1.29, 1.82) is 0 Å². The van der Waals surface area contributed by atoms with Gasteiger partial charge in [-0.15, -0.1) is 0 Å². The number of carbonyl (C=O) groups excluding carboxylic acids is 1.